The molecule has 0 saturated heterocycles. The highest BCUT2D eigenvalue weighted by Gasteiger charge is 2.23. The molecule has 4 aromatic carbocycles. The smallest absolute Gasteiger partial charge is 0.178 e. The first-order chi connectivity index (χ1) is 15.6. The van der Waals surface area contributed by atoms with E-state index in [-0.39, 0.29) is 0 Å². The van der Waals surface area contributed by atoms with Gasteiger partial charge in [-0.2, -0.15) is 0 Å². The maximum atomic E-state index is 2.58. The molecule has 162 valence electrons. The van der Waals surface area contributed by atoms with Gasteiger partial charge in [0, 0.05) is 24.0 Å². The molecule has 0 radical (unpaired) electrons. The summed E-state index contributed by atoms with van der Waals surface area (Å²) >= 11 is 0. The lowest BCUT2D eigenvalue weighted by atomic mass is 9.96. The van der Waals surface area contributed by atoms with E-state index >= 15 is 0 Å². The summed E-state index contributed by atoms with van der Waals surface area (Å²) < 4.78 is 2.58. The Morgan fingerprint density at radius 3 is 2.28 bits per heavy atom. The van der Waals surface area contributed by atoms with Gasteiger partial charge >= 0.3 is 0 Å². The maximum absolute atomic E-state index is 2.58. The Kier molecular flexibility index (Phi) is 7.17. The first-order valence-corrected chi connectivity index (χ1v) is 11.8. The number of hydrogen-bond acceptors (Lipinski definition) is 0. The van der Waals surface area contributed by atoms with Crippen molar-refractivity contribution in [3.05, 3.63) is 119 Å². The fourth-order valence-electron chi connectivity index (χ4n) is 4.76. The largest absolute Gasteiger partial charge is 0.228 e. The molecule has 4 rings (SSSR count). The Balaban J connectivity index is 1.68. The van der Waals surface area contributed by atoms with Crippen molar-refractivity contribution < 1.29 is 4.58 Å². The summed E-state index contributed by atoms with van der Waals surface area (Å²) in [6.07, 6.45) is 5.68. The van der Waals surface area contributed by atoms with Crippen LogP contribution in [-0.2, 0) is 6.42 Å². The van der Waals surface area contributed by atoms with Crippen LogP contribution in [0.25, 0.3) is 10.8 Å². The Morgan fingerprint density at radius 1 is 0.781 bits per heavy atom. The van der Waals surface area contributed by atoms with Crippen LogP contribution >= 0.6 is 0 Å². The van der Waals surface area contributed by atoms with Crippen molar-refractivity contribution in [2.75, 3.05) is 6.54 Å². The van der Waals surface area contributed by atoms with Crippen LogP contribution in [0, 0.1) is 13.8 Å². The van der Waals surface area contributed by atoms with Gasteiger partial charge in [-0.3, -0.25) is 0 Å². The first-order valence-electron chi connectivity index (χ1n) is 11.8. The van der Waals surface area contributed by atoms with Gasteiger partial charge in [0.1, 0.15) is 6.54 Å². The molecule has 0 saturated carbocycles. The lowest BCUT2D eigenvalue weighted by molar-refractivity contribution is -0.568. The van der Waals surface area contributed by atoms with Crippen molar-refractivity contribution in [3.8, 4) is 0 Å². The van der Waals surface area contributed by atoms with E-state index in [9.17, 15) is 0 Å². The van der Waals surface area contributed by atoms with Crippen molar-refractivity contribution in [3.63, 3.8) is 0 Å². The molecule has 0 aromatic heterocycles. The highest BCUT2D eigenvalue weighted by Crippen LogP contribution is 2.29. The van der Waals surface area contributed by atoms with E-state index in [2.05, 4.69) is 123 Å². The summed E-state index contributed by atoms with van der Waals surface area (Å²) in [6, 6.07) is 33.6. The lowest BCUT2D eigenvalue weighted by Crippen LogP contribution is -2.22. The highest BCUT2D eigenvalue weighted by molar-refractivity contribution is 5.86. The summed E-state index contributed by atoms with van der Waals surface area (Å²) in [4.78, 5) is 0. The van der Waals surface area contributed by atoms with Crippen LogP contribution in [-0.4, -0.2) is 17.3 Å². The third kappa shape index (κ3) is 5.34. The molecule has 1 atom stereocenters. The van der Waals surface area contributed by atoms with Gasteiger partial charge in [0.25, 0.3) is 0 Å². The Labute approximate surface area is 193 Å². The lowest BCUT2D eigenvalue weighted by Gasteiger charge is -2.18. The topological polar surface area (TPSA) is 3.01 Å². The number of nitrogens with zero attached hydrogens (tertiary/aromatic N) is 1. The van der Waals surface area contributed by atoms with Gasteiger partial charge in [0.05, 0.1) is 0 Å². The summed E-state index contributed by atoms with van der Waals surface area (Å²) in [5, 5.41) is 2.68. The van der Waals surface area contributed by atoms with E-state index in [0.29, 0.717) is 6.04 Å². The Morgan fingerprint density at radius 2 is 1.50 bits per heavy atom. The van der Waals surface area contributed by atoms with E-state index in [0.717, 1.165) is 25.8 Å². The third-order valence-corrected chi connectivity index (χ3v) is 6.29. The van der Waals surface area contributed by atoms with E-state index in [1.54, 1.807) is 0 Å². The molecular formula is C31H34N+. The predicted octanol–water partition coefficient (Wildman–Crippen LogP) is 7.67. The number of benzene rings is 4. The predicted molar refractivity (Wildman–Crippen MR) is 138 cm³/mol. The molecule has 0 heterocycles. The van der Waals surface area contributed by atoms with E-state index < -0.39 is 0 Å². The minimum atomic E-state index is 0.346. The number of fused-ring (bicyclic) bond motifs is 1. The quantitative estimate of drug-likeness (QED) is 0.203. The van der Waals surface area contributed by atoms with Crippen molar-refractivity contribution in [2.24, 2.45) is 0 Å². The van der Waals surface area contributed by atoms with Crippen molar-refractivity contribution >= 4 is 17.0 Å². The molecule has 0 aliphatic heterocycles. The minimum absolute atomic E-state index is 0.346. The van der Waals surface area contributed by atoms with Crippen LogP contribution in [0.1, 0.15) is 53.6 Å². The molecule has 0 bridgehead atoms. The fourth-order valence-corrected chi connectivity index (χ4v) is 4.76. The van der Waals surface area contributed by atoms with Crippen LogP contribution < -0.4 is 0 Å². The van der Waals surface area contributed by atoms with Crippen molar-refractivity contribution in [2.45, 2.75) is 46.1 Å². The van der Waals surface area contributed by atoms with Gasteiger partial charge in [0.15, 0.2) is 12.3 Å². The van der Waals surface area contributed by atoms with Crippen LogP contribution in [0.5, 0.6) is 0 Å². The Hall–Kier alpha value is -3.19. The van der Waals surface area contributed by atoms with Crippen molar-refractivity contribution in [1.82, 2.24) is 0 Å². The molecule has 32 heavy (non-hydrogen) atoms. The molecule has 0 aliphatic carbocycles. The zero-order chi connectivity index (χ0) is 22.3. The average molecular weight is 421 g/mol. The summed E-state index contributed by atoms with van der Waals surface area (Å²) in [6.45, 7) is 7.68. The zero-order valence-corrected chi connectivity index (χ0v) is 19.6. The standard InChI is InChI=1S/C31H34N/c1-4-31(30-19-9-17-28-16-5-6-18-29(28)30)32(23-27-14-8-12-25(3)22-27)20-10-15-26-13-7-11-24(2)21-26/h5-9,11-14,16-19,21-23,31H,4,10,15,20H2,1-3H3/q+1/t31-/m1/s1. The summed E-state index contributed by atoms with van der Waals surface area (Å²) in [7, 11) is 0. The molecule has 0 N–H and O–H groups in total. The molecule has 0 unspecified atom stereocenters. The monoisotopic (exact) mass is 420 g/mol. The van der Waals surface area contributed by atoms with E-state index in [1.807, 2.05) is 0 Å². The normalized spacial score (nSPS) is 12.8. The SMILES string of the molecule is CC[C@H](c1cccc2ccccc12)[N+](=Cc1cccc(C)c1)CCCc1cccc(C)c1. The number of hydrogen-bond donors (Lipinski definition) is 0. The fraction of sp³-hybridized carbons (Fsp3) is 0.258. The van der Waals surface area contributed by atoms with E-state index in [4.69, 9.17) is 0 Å². The van der Waals surface area contributed by atoms with Gasteiger partial charge in [-0.25, -0.2) is 4.58 Å². The average Bonchev–Trinajstić information content (AvgIpc) is 2.80. The van der Waals surface area contributed by atoms with Gasteiger partial charge in [0.2, 0.25) is 0 Å². The minimum Gasteiger partial charge on any atom is -0.228 e. The number of aryl methyl sites for hydroxylation is 3. The van der Waals surface area contributed by atoms with Gasteiger partial charge < -0.3 is 0 Å². The van der Waals surface area contributed by atoms with Crippen LogP contribution in [0.3, 0.4) is 0 Å². The molecule has 0 spiro atoms. The molecule has 4 aromatic rings. The van der Waals surface area contributed by atoms with Crippen LogP contribution in [0.15, 0.2) is 91.0 Å². The summed E-state index contributed by atoms with van der Waals surface area (Å²) in [5.74, 6) is 0. The third-order valence-electron chi connectivity index (χ3n) is 6.29. The maximum Gasteiger partial charge on any atom is 0.178 e. The molecule has 0 aliphatic rings. The molecule has 0 amide bonds. The second kappa shape index (κ2) is 10.4. The second-order valence-electron chi connectivity index (χ2n) is 8.87. The van der Waals surface area contributed by atoms with Gasteiger partial charge in [-0.15, -0.1) is 0 Å². The number of rotatable bonds is 8. The van der Waals surface area contributed by atoms with Crippen LogP contribution in [0.2, 0.25) is 0 Å². The second-order valence-corrected chi connectivity index (χ2v) is 8.87. The molecule has 1 heteroatoms. The summed E-state index contributed by atoms with van der Waals surface area (Å²) in [5.41, 5.74) is 6.77. The van der Waals surface area contributed by atoms with Crippen LogP contribution in [0.4, 0.5) is 0 Å². The van der Waals surface area contributed by atoms with Gasteiger partial charge in [-0.05, 0) is 48.7 Å². The molecule has 1 nitrogen and oxygen atoms in total. The Bertz CT molecular complexity index is 1210. The highest BCUT2D eigenvalue weighted by atomic mass is 15.0. The van der Waals surface area contributed by atoms with Crippen molar-refractivity contribution in [1.29, 1.82) is 0 Å². The molecule has 0 fully saturated rings. The van der Waals surface area contributed by atoms with Gasteiger partial charge in [-0.1, -0.05) is 96.9 Å². The first kappa shape index (κ1) is 22.0. The molecular weight excluding hydrogens is 386 g/mol. The van der Waals surface area contributed by atoms with E-state index in [1.165, 1.54) is 38.6 Å². The zero-order valence-electron chi connectivity index (χ0n) is 19.6.